The van der Waals surface area contributed by atoms with Crippen molar-refractivity contribution in [3.05, 3.63) is 28.3 Å². The van der Waals surface area contributed by atoms with Crippen molar-refractivity contribution in [2.24, 2.45) is 0 Å². The van der Waals surface area contributed by atoms with E-state index in [0.717, 1.165) is 11.1 Å². The van der Waals surface area contributed by atoms with Gasteiger partial charge < -0.3 is 14.8 Å². The van der Waals surface area contributed by atoms with Crippen molar-refractivity contribution in [3.63, 3.8) is 0 Å². The summed E-state index contributed by atoms with van der Waals surface area (Å²) in [5.41, 5.74) is 2.23. The second-order valence-corrected chi connectivity index (χ2v) is 3.39. The van der Waals surface area contributed by atoms with Crippen LogP contribution in [0.4, 0.5) is 0 Å². The maximum Gasteiger partial charge on any atom is 0.491 e. The van der Waals surface area contributed by atoms with E-state index in [2.05, 4.69) is 0 Å². The molecule has 1 aliphatic rings. The van der Waals surface area contributed by atoms with Crippen LogP contribution in [0.25, 0.3) is 0 Å². The molecule has 1 aliphatic heterocycles. The summed E-state index contributed by atoms with van der Waals surface area (Å²) in [5.74, 6) is 0. The highest BCUT2D eigenvalue weighted by Gasteiger charge is 2.29. The number of halogens is 1. The molecular weight excluding hydrogens is 190 g/mol. The molecule has 2 N–H and O–H groups in total. The highest BCUT2D eigenvalue weighted by Crippen LogP contribution is 2.19. The summed E-state index contributed by atoms with van der Waals surface area (Å²) in [6, 6.07) is 3.34. The van der Waals surface area contributed by atoms with E-state index in [1.165, 1.54) is 0 Å². The molecule has 1 aromatic carbocycles. The Morgan fingerprint density at radius 3 is 3.00 bits per heavy atom. The molecule has 68 valence electrons. The highest BCUT2D eigenvalue weighted by atomic mass is 35.5. The predicted octanol–water partition coefficient (Wildman–Crippen LogP) is 0.0500. The van der Waals surface area contributed by atoms with Crippen LogP contribution < -0.4 is 5.46 Å². The van der Waals surface area contributed by atoms with Crippen LogP contribution in [-0.4, -0.2) is 17.2 Å². The largest absolute Gasteiger partial charge is 0.491 e. The van der Waals surface area contributed by atoms with Gasteiger partial charge in [0.05, 0.1) is 13.2 Å². The van der Waals surface area contributed by atoms with Crippen molar-refractivity contribution in [1.82, 2.24) is 0 Å². The molecule has 0 atom stereocenters. The van der Waals surface area contributed by atoms with Crippen LogP contribution in [0, 0.1) is 0 Å². The zero-order valence-electron chi connectivity index (χ0n) is 6.83. The van der Waals surface area contributed by atoms with E-state index < -0.39 is 7.12 Å². The van der Waals surface area contributed by atoms with Crippen molar-refractivity contribution in [1.29, 1.82) is 0 Å². The Balaban J connectivity index is 2.56. The summed E-state index contributed by atoms with van der Waals surface area (Å²) in [7, 11) is -0.904. The lowest BCUT2D eigenvalue weighted by Gasteiger charge is -2.04. The van der Waals surface area contributed by atoms with Crippen LogP contribution in [0.2, 0.25) is 5.02 Å². The molecule has 0 radical (unpaired) electrons. The van der Waals surface area contributed by atoms with Crippen molar-refractivity contribution in [2.45, 2.75) is 13.2 Å². The number of aliphatic hydroxyl groups excluding tert-OH is 1. The first-order valence-electron chi connectivity index (χ1n) is 3.94. The average molecular weight is 198 g/mol. The quantitative estimate of drug-likeness (QED) is 0.627. The Hall–Kier alpha value is -0.545. The molecule has 0 bridgehead atoms. The topological polar surface area (TPSA) is 49.7 Å². The number of aliphatic hydroxyl groups is 1. The molecule has 0 fully saturated rings. The smallest absolute Gasteiger partial charge is 0.423 e. The molecule has 0 amide bonds. The van der Waals surface area contributed by atoms with Gasteiger partial charge in [-0.15, -0.1) is 0 Å². The van der Waals surface area contributed by atoms with E-state index in [1.807, 2.05) is 0 Å². The van der Waals surface area contributed by atoms with Gasteiger partial charge in [-0.1, -0.05) is 11.6 Å². The van der Waals surface area contributed by atoms with Gasteiger partial charge in [-0.2, -0.15) is 0 Å². The third-order valence-electron chi connectivity index (χ3n) is 2.16. The Kier molecular flexibility index (Phi) is 2.30. The minimum Gasteiger partial charge on any atom is -0.423 e. The van der Waals surface area contributed by atoms with E-state index in [1.54, 1.807) is 12.1 Å². The molecule has 0 saturated heterocycles. The Labute approximate surface area is 81.1 Å². The normalized spacial score (nSPS) is 14.8. The van der Waals surface area contributed by atoms with Gasteiger partial charge in [0.2, 0.25) is 0 Å². The van der Waals surface area contributed by atoms with Gasteiger partial charge in [0.15, 0.2) is 0 Å². The second-order valence-electron chi connectivity index (χ2n) is 2.95. The Morgan fingerprint density at radius 2 is 2.31 bits per heavy atom. The lowest BCUT2D eigenvalue weighted by molar-refractivity contribution is 0.262. The van der Waals surface area contributed by atoms with Gasteiger partial charge >= 0.3 is 7.12 Å². The van der Waals surface area contributed by atoms with Gasteiger partial charge in [0, 0.05) is 5.02 Å². The standard InChI is InChI=1S/C8H8BClO3/c10-6-1-5(3-11)7-4-13-9(12)8(7)2-6/h1-2,11-12H,3-4H2. The first kappa shape index (κ1) is 9.03. The van der Waals surface area contributed by atoms with Crippen molar-refractivity contribution in [3.8, 4) is 0 Å². The van der Waals surface area contributed by atoms with E-state index in [9.17, 15) is 5.02 Å². The third kappa shape index (κ3) is 1.46. The van der Waals surface area contributed by atoms with Crippen molar-refractivity contribution in [2.75, 3.05) is 0 Å². The lowest BCUT2D eigenvalue weighted by Crippen LogP contribution is -2.28. The van der Waals surface area contributed by atoms with Crippen molar-refractivity contribution < 1.29 is 14.8 Å². The summed E-state index contributed by atoms with van der Waals surface area (Å²) in [6.07, 6.45) is 0. The van der Waals surface area contributed by atoms with Gasteiger partial charge in [-0.25, -0.2) is 0 Å². The van der Waals surface area contributed by atoms with Gasteiger partial charge in [-0.05, 0) is 28.7 Å². The number of benzene rings is 1. The van der Waals surface area contributed by atoms with Crippen LogP contribution in [0.1, 0.15) is 11.1 Å². The van der Waals surface area contributed by atoms with E-state index in [4.69, 9.17) is 21.4 Å². The summed E-state index contributed by atoms with van der Waals surface area (Å²) in [6.45, 7) is 0.253. The number of hydrogen-bond acceptors (Lipinski definition) is 3. The van der Waals surface area contributed by atoms with Gasteiger partial charge in [-0.3, -0.25) is 0 Å². The SMILES string of the molecule is OCc1cc(Cl)cc2c1COB2O. The number of hydrogen-bond donors (Lipinski definition) is 2. The zero-order valence-corrected chi connectivity index (χ0v) is 7.58. The fourth-order valence-corrected chi connectivity index (χ4v) is 1.76. The molecule has 13 heavy (non-hydrogen) atoms. The average Bonchev–Trinajstić information content (AvgIpc) is 2.47. The first-order chi connectivity index (χ1) is 6.22. The summed E-state index contributed by atoms with van der Waals surface area (Å²) in [4.78, 5) is 0. The Bertz CT molecular complexity index is 342. The molecular formula is C8H8BClO3. The molecule has 0 aliphatic carbocycles. The van der Waals surface area contributed by atoms with E-state index >= 15 is 0 Å². The van der Waals surface area contributed by atoms with Crippen LogP contribution >= 0.6 is 11.6 Å². The predicted molar refractivity (Wildman–Crippen MR) is 49.8 cm³/mol. The molecule has 0 spiro atoms. The van der Waals surface area contributed by atoms with Crippen molar-refractivity contribution >= 4 is 24.2 Å². The number of rotatable bonds is 1. The van der Waals surface area contributed by atoms with E-state index in [0.29, 0.717) is 17.1 Å². The Morgan fingerprint density at radius 1 is 1.54 bits per heavy atom. The molecule has 0 saturated carbocycles. The molecule has 0 unspecified atom stereocenters. The molecule has 3 nitrogen and oxygen atoms in total. The molecule has 5 heteroatoms. The highest BCUT2D eigenvalue weighted by molar-refractivity contribution is 6.62. The maximum absolute atomic E-state index is 9.36. The minimum atomic E-state index is -0.904. The molecule has 2 rings (SSSR count). The second kappa shape index (κ2) is 3.31. The van der Waals surface area contributed by atoms with Crippen LogP contribution in [0.5, 0.6) is 0 Å². The number of fused-ring (bicyclic) bond motifs is 1. The minimum absolute atomic E-state index is 0.0844. The summed E-state index contributed by atoms with van der Waals surface area (Å²) in [5, 5.41) is 18.9. The van der Waals surface area contributed by atoms with Crippen LogP contribution in [0.15, 0.2) is 12.1 Å². The van der Waals surface area contributed by atoms with Gasteiger partial charge in [0.25, 0.3) is 0 Å². The summed E-state index contributed by atoms with van der Waals surface area (Å²) >= 11 is 5.79. The first-order valence-corrected chi connectivity index (χ1v) is 4.32. The van der Waals surface area contributed by atoms with Crippen LogP contribution in [0.3, 0.4) is 0 Å². The monoisotopic (exact) mass is 198 g/mol. The molecule has 0 aromatic heterocycles. The third-order valence-corrected chi connectivity index (χ3v) is 2.38. The maximum atomic E-state index is 9.36. The molecule has 1 heterocycles. The van der Waals surface area contributed by atoms with Gasteiger partial charge in [0.1, 0.15) is 0 Å². The van der Waals surface area contributed by atoms with E-state index in [-0.39, 0.29) is 6.61 Å². The fourth-order valence-electron chi connectivity index (χ4n) is 1.51. The lowest BCUT2D eigenvalue weighted by atomic mass is 9.78. The molecule has 1 aromatic rings. The fraction of sp³-hybridized carbons (Fsp3) is 0.250. The summed E-state index contributed by atoms with van der Waals surface area (Å²) < 4.78 is 5.01. The van der Waals surface area contributed by atoms with Crippen LogP contribution in [-0.2, 0) is 17.9 Å². The zero-order chi connectivity index (χ0) is 9.42.